The molecule has 0 aliphatic heterocycles. The Morgan fingerprint density at radius 1 is 1.07 bits per heavy atom. The summed E-state index contributed by atoms with van der Waals surface area (Å²) in [7, 11) is 0. The minimum atomic E-state index is -0.252. The standard InChI is InChI=1S/C21H36N2O4/c1-6-23-19(24)11-13-22(21(23)26)12-9-7-8-10-14-27-20(25)18(17(4)5)15-16(2)3/h11,13,16-18H,6-10,12,14-15H2,1-5H3. The normalized spacial score (nSPS) is 12.6. The quantitative estimate of drug-likeness (QED) is 0.411. The summed E-state index contributed by atoms with van der Waals surface area (Å²) in [6.45, 7) is 11.6. The maximum atomic E-state index is 12.2. The Bertz CT molecular complexity index is 688. The van der Waals surface area contributed by atoms with Gasteiger partial charge >= 0.3 is 11.7 Å². The second kappa shape index (κ2) is 11.8. The van der Waals surface area contributed by atoms with E-state index in [0.717, 1.165) is 32.1 Å². The third-order valence-corrected chi connectivity index (χ3v) is 4.83. The molecule has 0 spiro atoms. The zero-order valence-electron chi connectivity index (χ0n) is 17.6. The second-order valence-corrected chi connectivity index (χ2v) is 7.94. The fourth-order valence-electron chi connectivity index (χ4n) is 3.18. The summed E-state index contributed by atoms with van der Waals surface area (Å²) in [5.41, 5.74) is -0.499. The number of rotatable bonds is 12. The molecule has 0 N–H and O–H groups in total. The average molecular weight is 381 g/mol. The monoisotopic (exact) mass is 380 g/mol. The number of unbranched alkanes of at least 4 members (excludes halogenated alkanes) is 3. The third-order valence-electron chi connectivity index (χ3n) is 4.83. The van der Waals surface area contributed by atoms with Crippen molar-refractivity contribution in [1.82, 2.24) is 9.13 Å². The van der Waals surface area contributed by atoms with Crippen molar-refractivity contribution in [3.63, 3.8) is 0 Å². The summed E-state index contributed by atoms with van der Waals surface area (Å²) >= 11 is 0. The molecule has 0 radical (unpaired) electrons. The van der Waals surface area contributed by atoms with Crippen molar-refractivity contribution >= 4 is 5.97 Å². The topological polar surface area (TPSA) is 70.3 Å². The van der Waals surface area contributed by atoms with Crippen LogP contribution in [-0.4, -0.2) is 21.7 Å². The summed E-state index contributed by atoms with van der Waals surface area (Å²) in [4.78, 5) is 35.9. The van der Waals surface area contributed by atoms with E-state index < -0.39 is 0 Å². The molecule has 6 nitrogen and oxygen atoms in total. The predicted octanol–water partition coefficient (Wildman–Crippen LogP) is 3.45. The van der Waals surface area contributed by atoms with Gasteiger partial charge in [0.1, 0.15) is 0 Å². The molecule has 1 rings (SSSR count). The number of aromatic nitrogens is 2. The van der Waals surface area contributed by atoms with Crippen LogP contribution < -0.4 is 11.2 Å². The number of carbonyl (C=O) groups excluding carboxylic acids is 1. The third kappa shape index (κ3) is 7.73. The lowest BCUT2D eigenvalue weighted by Crippen LogP contribution is -2.38. The van der Waals surface area contributed by atoms with E-state index in [9.17, 15) is 14.4 Å². The summed E-state index contributed by atoms with van der Waals surface area (Å²) in [6.07, 6.45) is 6.03. The van der Waals surface area contributed by atoms with Crippen molar-refractivity contribution in [3.8, 4) is 0 Å². The van der Waals surface area contributed by atoms with Crippen LogP contribution in [0.2, 0.25) is 0 Å². The van der Waals surface area contributed by atoms with E-state index >= 15 is 0 Å². The van der Waals surface area contributed by atoms with Gasteiger partial charge in [-0.05, 0) is 44.4 Å². The highest BCUT2D eigenvalue weighted by Crippen LogP contribution is 2.21. The lowest BCUT2D eigenvalue weighted by atomic mass is 9.88. The molecule has 1 aromatic heterocycles. The molecule has 0 aromatic carbocycles. The number of hydrogen-bond acceptors (Lipinski definition) is 4. The van der Waals surface area contributed by atoms with E-state index in [2.05, 4.69) is 27.7 Å². The number of aryl methyl sites for hydroxylation is 1. The Balaban J connectivity index is 2.29. The molecule has 0 saturated carbocycles. The van der Waals surface area contributed by atoms with Gasteiger partial charge in [0.15, 0.2) is 0 Å². The average Bonchev–Trinajstić information content (AvgIpc) is 2.60. The summed E-state index contributed by atoms with van der Waals surface area (Å²) in [5, 5.41) is 0. The van der Waals surface area contributed by atoms with Crippen LogP contribution in [0.3, 0.4) is 0 Å². The molecule has 1 unspecified atom stereocenters. The molecule has 0 fully saturated rings. The number of carbonyl (C=O) groups is 1. The molecule has 1 atom stereocenters. The number of ether oxygens (including phenoxy) is 1. The first kappa shape index (κ1) is 23.2. The maximum absolute atomic E-state index is 12.2. The predicted molar refractivity (Wildman–Crippen MR) is 108 cm³/mol. The molecule has 154 valence electrons. The number of hydrogen-bond donors (Lipinski definition) is 0. The van der Waals surface area contributed by atoms with Crippen LogP contribution in [0.5, 0.6) is 0 Å². The Hall–Kier alpha value is -1.85. The molecule has 0 amide bonds. The minimum Gasteiger partial charge on any atom is -0.465 e. The van der Waals surface area contributed by atoms with Crippen molar-refractivity contribution in [1.29, 1.82) is 0 Å². The van der Waals surface area contributed by atoms with Gasteiger partial charge in [0, 0.05) is 25.4 Å². The summed E-state index contributed by atoms with van der Waals surface area (Å²) < 4.78 is 8.29. The minimum absolute atomic E-state index is 0.0221. The van der Waals surface area contributed by atoms with Crippen LogP contribution in [0.4, 0.5) is 0 Å². The molecule has 1 aromatic rings. The van der Waals surface area contributed by atoms with Gasteiger partial charge in [-0.15, -0.1) is 0 Å². The first-order valence-corrected chi connectivity index (χ1v) is 10.2. The molecule has 6 heteroatoms. The second-order valence-electron chi connectivity index (χ2n) is 7.94. The van der Waals surface area contributed by atoms with Gasteiger partial charge in [0.05, 0.1) is 12.5 Å². The van der Waals surface area contributed by atoms with Crippen LogP contribution in [0.15, 0.2) is 21.9 Å². The fraction of sp³-hybridized carbons (Fsp3) is 0.762. The molecule has 27 heavy (non-hydrogen) atoms. The summed E-state index contributed by atoms with van der Waals surface area (Å²) in [5.74, 6) is 0.679. The van der Waals surface area contributed by atoms with Gasteiger partial charge in [-0.2, -0.15) is 0 Å². The highest BCUT2D eigenvalue weighted by atomic mass is 16.5. The maximum Gasteiger partial charge on any atom is 0.330 e. The van der Waals surface area contributed by atoms with Gasteiger partial charge in [-0.3, -0.25) is 14.2 Å². The molecule has 0 aliphatic carbocycles. The number of esters is 1. The number of nitrogens with zero attached hydrogens (tertiary/aromatic N) is 2. The van der Waals surface area contributed by atoms with Gasteiger partial charge in [-0.1, -0.05) is 34.1 Å². The van der Waals surface area contributed by atoms with Crippen LogP contribution >= 0.6 is 0 Å². The van der Waals surface area contributed by atoms with E-state index in [1.807, 2.05) is 0 Å². The first-order chi connectivity index (χ1) is 12.8. The summed E-state index contributed by atoms with van der Waals surface area (Å²) in [6, 6.07) is 1.44. The first-order valence-electron chi connectivity index (χ1n) is 10.2. The van der Waals surface area contributed by atoms with Crippen LogP contribution in [0, 0.1) is 17.8 Å². The lowest BCUT2D eigenvalue weighted by Gasteiger charge is -2.21. The van der Waals surface area contributed by atoms with E-state index in [4.69, 9.17) is 4.74 Å². The molecule has 0 aliphatic rings. The Morgan fingerprint density at radius 3 is 2.33 bits per heavy atom. The van der Waals surface area contributed by atoms with E-state index in [1.54, 1.807) is 17.7 Å². The Labute approximate surface area is 162 Å². The molecular formula is C21H36N2O4. The fourth-order valence-corrected chi connectivity index (χ4v) is 3.18. The van der Waals surface area contributed by atoms with Gasteiger partial charge in [-0.25, -0.2) is 4.79 Å². The lowest BCUT2D eigenvalue weighted by molar-refractivity contribution is -0.151. The molecule has 1 heterocycles. The van der Waals surface area contributed by atoms with Crippen molar-refractivity contribution in [2.24, 2.45) is 17.8 Å². The highest BCUT2D eigenvalue weighted by molar-refractivity contribution is 5.72. The SMILES string of the molecule is CCn1c(=O)ccn(CCCCCCOC(=O)C(CC(C)C)C(C)C)c1=O. The van der Waals surface area contributed by atoms with E-state index in [-0.39, 0.29) is 23.1 Å². The van der Waals surface area contributed by atoms with Crippen LogP contribution in [0.25, 0.3) is 0 Å². The highest BCUT2D eigenvalue weighted by Gasteiger charge is 2.24. The molecule has 0 bridgehead atoms. The molecular weight excluding hydrogens is 344 g/mol. The smallest absolute Gasteiger partial charge is 0.330 e. The van der Waals surface area contributed by atoms with Crippen molar-refractivity contribution in [2.45, 2.75) is 79.8 Å². The van der Waals surface area contributed by atoms with Gasteiger partial charge < -0.3 is 9.30 Å². The van der Waals surface area contributed by atoms with E-state index in [0.29, 0.717) is 31.5 Å². The largest absolute Gasteiger partial charge is 0.465 e. The van der Waals surface area contributed by atoms with Gasteiger partial charge in [0.2, 0.25) is 0 Å². The zero-order valence-corrected chi connectivity index (χ0v) is 17.6. The van der Waals surface area contributed by atoms with E-state index in [1.165, 1.54) is 10.6 Å². The molecule has 0 saturated heterocycles. The van der Waals surface area contributed by atoms with Crippen molar-refractivity contribution in [3.05, 3.63) is 33.1 Å². The van der Waals surface area contributed by atoms with Crippen LogP contribution in [-0.2, 0) is 22.6 Å². The zero-order chi connectivity index (χ0) is 20.4. The Morgan fingerprint density at radius 2 is 1.74 bits per heavy atom. The van der Waals surface area contributed by atoms with Crippen molar-refractivity contribution < 1.29 is 9.53 Å². The van der Waals surface area contributed by atoms with Crippen molar-refractivity contribution in [2.75, 3.05) is 6.61 Å². The van der Waals surface area contributed by atoms with Gasteiger partial charge in [0.25, 0.3) is 5.56 Å². The Kier molecular flexibility index (Phi) is 10.1. The van der Waals surface area contributed by atoms with Crippen LogP contribution in [0.1, 0.15) is 66.7 Å².